The number of hydrogen-bond acceptors (Lipinski definition) is 11. The molecule has 0 aromatic carbocycles. The zero-order chi connectivity index (χ0) is 35.1. The molecule has 5 fully saturated rings. The Morgan fingerprint density at radius 3 is 2.23 bits per heavy atom. The Kier molecular flexibility index (Phi) is 12.3. The number of carbonyl (C=O) groups excluding carboxylic acids is 1. The van der Waals surface area contributed by atoms with Crippen molar-refractivity contribution in [3.63, 3.8) is 0 Å². The van der Waals surface area contributed by atoms with Crippen LogP contribution in [0.2, 0.25) is 0 Å². The Bertz CT molecular complexity index is 1220. The van der Waals surface area contributed by atoms with Gasteiger partial charge in [-0.3, -0.25) is 31.1 Å². The molecule has 14 unspecified atom stereocenters. The van der Waals surface area contributed by atoms with Crippen LogP contribution in [0.1, 0.15) is 66.2 Å². The number of ether oxygens (including phenoxy) is 1. The summed E-state index contributed by atoms with van der Waals surface area (Å²) in [6.07, 6.45) is -11.8. The molecule has 3 heterocycles. The largest absolute Gasteiger partial charge is 0.375 e. The lowest BCUT2D eigenvalue weighted by Crippen LogP contribution is -2.74. The minimum absolute atomic E-state index is 0.0204. The highest BCUT2D eigenvalue weighted by molar-refractivity contribution is 8.00. The first-order valence-corrected chi connectivity index (χ1v) is 19.4. The smallest absolute Gasteiger partial charge is 0.217 e. The van der Waals surface area contributed by atoms with Gasteiger partial charge in [-0.05, 0) is 52.9 Å². The van der Waals surface area contributed by atoms with Crippen molar-refractivity contribution in [2.45, 2.75) is 155 Å². The molecular formula is C30H52F5N7O4S2. The second-order valence-electron chi connectivity index (χ2n) is 14.6. The molecule has 48 heavy (non-hydrogen) atoms. The molecule has 2 saturated carbocycles. The molecule has 1 amide bonds. The van der Waals surface area contributed by atoms with Crippen molar-refractivity contribution >= 4 is 27.5 Å². The predicted octanol–water partition coefficient (Wildman–Crippen LogP) is 1.70. The molecule has 0 radical (unpaired) electrons. The number of hydrazine groups is 1. The average Bonchev–Trinajstić information content (AvgIpc) is 3.64. The molecule has 14 atom stereocenters. The van der Waals surface area contributed by atoms with Crippen molar-refractivity contribution in [2.75, 3.05) is 20.2 Å². The van der Waals surface area contributed by atoms with E-state index in [1.54, 1.807) is 7.11 Å². The summed E-state index contributed by atoms with van der Waals surface area (Å²) in [4.78, 5) is 13.9. The Balaban J connectivity index is 1.27. The predicted molar refractivity (Wildman–Crippen MR) is 174 cm³/mol. The molecule has 5 aliphatic rings. The quantitative estimate of drug-likeness (QED) is 0.183. The number of halogens is 5. The molecule has 5 rings (SSSR count). The molecule has 3 aliphatic heterocycles. The Hall–Kier alpha value is -0.860. The minimum Gasteiger partial charge on any atom is -0.375 e. The van der Waals surface area contributed by atoms with E-state index in [0.29, 0.717) is 13.1 Å². The molecule has 2 aliphatic carbocycles. The minimum atomic E-state index is -4.40. The number of amides is 1. The number of nitrogens with one attached hydrogen (secondary N) is 6. The van der Waals surface area contributed by atoms with Gasteiger partial charge in [-0.15, -0.1) is 11.8 Å². The molecule has 0 spiro atoms. The SMILES string of the molecule is COC1C(NC2CC(C)NN2)NC(SC2CCC(S(=O)(=O)C(C)(C)C3C(F)C(F)CC(F)C3F)CC2F)NC1N1CCC(NC(C)=O)C1. The average molecular weight is 734 g/mol. The lowest BCUT2D eigenvalue weighted by molar-refractivity contribution is -0.119. The summed E-state index contributed by atoms with van der Waals surface area (Å²) < 4.78 is 106. The van der Waals surface area contributed by atoms with Gasteiger partial charge in [-0.25, -0.2) is 35.8 Å². The summed E-state index contributed by atoms with van der Waals surface area (Å²) in [6.45, 7) is 7.04. The lowest BCUT2D eigenvalue weighted by Gasteiger charge is -2.48. The second kappa shape index (κ2) is 15.4. The summed E-state index contributed by atoms with van der Waals surface area (Å²) in [5, 5.41) is 11.7. The van der Waals surface area contributed by atoms with E-state index in [-0.39, 0.29) is 61.9 Å². The van der Waals surface area contributed by atoms with Gasteiger partial charge in [0.15, 0.2) is 9.84 Å². The van der Waals surface area contributed by atoms with E-state index in [2.05, 4.69) is 43.9 Å². The Morgan fingerprint density at radius 2 is 1.65 bits per heavy atom. The van der Waals surface area contributed by atoms with Crippen LogP contribution >= 0.6 is 11.8 Å². The van der Waals surface area contributed by atoms with Crippen LogP contribution in [0.5, 0.6) is 0 Å². The number of rotatable bonds is 10. The van der Waals surface area contributed by atoms with Crippen molar-refractivity contribution in [3.05, 3.63) is 0 Å². The van der Waals surface area contributed by atoms with E-state index in [4.69, 9.17) is 4.74 Å². The number of thioether (sulfide) groups is 1. The van der Waals surface area contributed by atoms with Crippen molar-refractivity contribution < 1.29 is 39.9 Å². The number of hydrogen-bond donors (Lipinski definition) is 6. The summed E-state index contributed by atoms with van der Waals surface area (Å²) in [7, 11) is -2.78. The summed E-state index contributed by atoms with van der Waals surface area (Å²) >= 11 is 1.31. The van der Waals surface area contributed by atoms with Crippen molar-refractivity contribution in [1.82, 2.24) is 37.0 Å². The fraction of sp³-hybridized carbons (Fsp3) is 0.967. The number of methoxy groups -OCH3 is 1. The van der Waals surface area contributed by atoms with Gasteiger partial charge >= 0.3 is 0 Å². The molecule has 6 N–H and O–H groups in total. The van der Waals surface area contributed by atoms with Gasteiger partial charge < -0.3 is 10.1 Å². The monoisotopic (exact) mass is 733 g/mol. The number of nitrogens with zero attached hydrogens (tertiary/aromatic N) is 1. The van der Waals surface area contributed by atoms with E-state index in [1.165, 1.54) is 18.7 Å². The molecular weight excluding hydrogens is 681 g/mol. The van der Waals surface area contributed by atoms with Crippen LogP contribution < -0.4 is 32.1 Å². The highest BCUT2D eigenvalue weighted by Crippen LogP contribution is 2.47. The van der Waals surface area contributed by atoms with Gasteiger partial charge in [0.05, 0.1) is 28.5 Å². The van der Waals surface area contributed by atoms with E-state index >= 15 is 4.39 Å². The van der Waals surface area contributed by atoms with Crippen LogP contribution in [0.25, 0.3) is 0 Å². The third kappa shape index (κ3) is 7.96. The highest BCUT2D eigenvalue weighted by Gasteiger charge is 2.59. The van der Waals surface area contributed by atoms with Gasteiger partial charge in [0.1, 0.15) is 42.5 Å². The van der Waals surface area contributed by atoms with Crippen LogP contribution in [0.3, 0.4) is 0 Å². The normalized spacial score (nSPS) is 44.9. The van der Waals surface area contributed by atoms with Crippen LogP contribution in [-0.4, -0.2) is 128 Å². The topological polar surface area (TPSA) is 136 Å². The van der Waals surface area contributed by atoms with Gasteiger partial charge in [-0.2, -0.15) is 0 Å². The third-order valence-electron chi connectivity index (χ3n) is 10.8. The molecule has 0 bridgehead atoms. The zero-order valence-electron chi connectivity index (χ0n) is 28.1. The standard InChI is InChI=1S/C30H52F5N7O4S2/c1-14-10-22(41-40-14)37-27-26(46-5)28(42-9-8-16(13-42)36-15(2)43)39-29(38-27)47-21-7-6-17(11-18(21)31)48(44,45)30(3,4)23-24(34)19(32)12-20(33)25(23)35/h14,16-29,37-41H,6-13H2,1-5H3,(H,36,43). The summed E-state index contributed by atoms with van der Waals surface area (Å²) in [5.41, 5.74) is 5.95. The van der Waals surface area contributed by atoms with Gasteiger partial charge in [-0.1, -0.05) is 0 Å². The molecule has 0 aromatic rings. The van der Waals surface area contributed by atoms with E-state index in [9.17, 15) is 30.8 Å². The first-order valence-electron chi connectivity index (χ1n) is 17.0. The van der Waals surface area contributed by atoms with Gasteiger partial charge in [0.2, 0.25) is 5.91 Å². The van der Waals surface area contributed by atoms with Crippen molar-refractivity contribution in [1.29, 1.82) is 0 Å². The van der Waals surface area contributed by atoms with Gasteiger partial charge in [0.25, 0.3) is 0 Å². The fourth-order valence-electron chi connectivity index (χ4n) is 8.17. The molecule has 3 saturated heterocycles. The zero-order valence-corrected chi connectivity index (χ0v) is 29.7. The lowest BCUT2D eigenvalue weighted by atomic mass is 9.76. The number of likely N-dealkylation sites (tertiary alicyclic amines) is 1. The maximum Gasteiger partial charge on any atom is 0.217 e. The highest BCUT2D eigenvalue weighted by atomic mass is 32.2. The van der Waals surface area contributed by atoms with Crippen molar-refractivity contribution in [3.8, 4) is 0 Å². The first-order chi connectivity index (χ1) is 22.5. The molecule has 278 valence electrons. The number of carbonyl (C=O) groups is 1. The Morgan fingerprint density at radius 1 is 0.958 bits per heavy atom. The molecule has 11 nitrogen and oxygen atoms in total. The van der Waals surface area contributed by atoms with Crippen LogP contribution in [0.15, 0.2) is 0 Å². The molecule has 18 heteroatoms. The van der Waals surface area contributed by atoms with E-state index in [0.717, 1.165) is 26.7 Å². The van der Waals surface area contributed by atoms with E-state index < -0.39 is 73.8 Å². The third-order valence-corrected chi connectivity index (χ3v) is 15.3. The first kappa shape index (κ1) is 38.4. The van der Waals surface area contributed by atoms with Crippen LogP contribution in [0, 0.1) is 5.92 Å². The summed E-state index contributed by atoms with van der Waals surface area (Å²) in [5.74, 6) is -2.15. The summed E-state index contributed by atoms with van der Waals surface area (Å²) in [6, 6.07) is 0.224. The maximum absolute atomic E-state index is 16.0. The Labute approximate surface area is 284 Å². The van der Waals surface area contributed by atoms with Crippen molar-refractivity contribution in [2.24, 2.45) is 5.92 Å². The second-order valence-corrected chi connectivity index (χ2v) is 18.8. The van der Waals surface area contributed by atoms with Gasteiger partial charge in [0, 0.05) is 56.8 Å². The number of sulfone groups is 1. The van der Waals surface area contributed by atoms with Crippen LogP contribution in [-0.2, 0) is 19.4 Å². The van der Waals surface area contributed by atoms with E-state index in [1.807, 2.05) is 0 Å². The fourth-order valence-corrected chi connectivity index (χ4v) is 11.9. The maximum atomic E-state index is 16.0. The molecule has 0 aromatic heterocycles. The number of alkyl halides is 5. The van der Waals surface area contributed by atoms with Crippen LogP contribution in [0.4, 0.5) is 22.0 Å².